The summed E-state index contributed by atoms with van der Waals surface area (Å²) in [7, 11) is 0. The number of aliphatic hydroxyl groups excluding tert-OH is 1. The Balaban J connectivity index is 1.96. The smallest absolute Gasteiger partial charge is 0.137 e. The third kappa shape index (κ3) is 3.27. The third-order valence-electron chi connectivity index (χ3n) is 3.33. The molecule has 0 aromatic heterocycles. The molecule has 1 aromatic rings. The molecule has 1 heterocycles. The predicted molar refractivity (Wildman–Crippen MR) is 69.2 cm³/mol. The fraction of sp³-hybridized carbons (Fsp3) is 0.538. The predicted octanol–water partition coefficient (Wildman–Crippen LogP) is 2.79. The highest BCUT2D eigenvalue weighted by atomic mass is 79.9. The molecule has 2 nitrogen and oxygen atoms in total. The van der Waals surface area contributed by atoms with Crippen LogP contribution in [0.5, 0.6) is 0 Å². The Morgan fingerprint density at radius 1 is 1.47 bits per heavy atom. The van der Waals surface area contributed by atoms with Crippen molar-refractivity contribution in [3.63, 3.8) is 0 Å². The summed E-state index contributed by atoms with van der Waals surface area (Å²) < 4.78 is 13.9. The van der Waals surface area contributed by atoms with Crippen molar-refractivity contribution in [2.45, 2.75) is 19.4 Å². The molecule has 0 bridgehead atoms. The number of nitrogens with zero attached hydrogens (tertiary/aromatic N) is 1. The summed E-state index contributed by atoms with van der Waals surface area (Å²) in [6.07, 6.45) is 2.01. The first-order valence-corrected chi connectivity index (χ1v) is 6.76. The fourth-order valence-corrected chi connectivity index (χ4v) is 2.78. The third-order valence-corrected chi connectivity index (χ3v) is 4.22. The van der Waals surface area contributed by atoms with Gasteiger partial charge in [0.1, 0.15) is 5.82 Å². The Labute approximate surface area is 110 Å². The summed E-state index contributed by atoms with van der Waals surface area (Å²) in [6, 6.07) is 5.16. The van der Waals surface area contributed by atoms with Crippen molar-refractivity contribution in [1.29, 1.82) is 0 Å². The van der Waals surface area contributed by atoms with Gasteiger partial charge in [-0.15, -0.1) is 0 Å². The van der Waals surface area contributed by atoms with Crippen molar-refractivity contribution >= 4 is 15.9 Å². The van der Waals surface area contributed by atoms with Gasteiger partial charge in [0.15, 0.2) is 0 Å². The number of halogens is 2. The van der Waals surface area contributed by atoms with Gasteiger partial charge in [-0.25, -0.2) is 4.39 Å². The molecule has 0 aliphatic carbocycles. The quantitative estimate of drug-likeness (QED) is 0.924. The lowest BCUT2D eigenvalue weighted by Gasteiger charge is -2.17. The molecule has 17 heavy (non-hydrogen) atoms. The SMILES string of the molecule is OCCC1CCN(Cc2cccc(F)c2Br)C1. The molecular formula is C13H17BrFNO. The Hall–Kier alpha value is -0.450. The van der Waals surface area contributed by atoms with Gasteiger partial charge in [-0.2, -0.15) is 0 Å². The average molecular weight is 302 g/mol. The largest absolute Gasteiger partial charge is 0.396 e. The van der Waals surface area contributed by atoms with E-state index in [9.17, 15) is 4.39 Å². The van der Waals surface area contributed by atoms with Crippen LogP contribution in [0.15, 0.2) is 22.7 Å². The maximum absolute atomic E-state index is 13.4. The van der Waals surface area contributed by atoms with E-state index in [1.54, 1.807) is 6.07 Å². The van der Waals surface area contributed by atoms with Crippen molar-refractivity contribution in [3.05, 3.63) is 34.1 Å². The highest BCUT2D eigenvalue weighted by Gasteiger charge is 2.22. The first-order valence-electron chi connectivity index (χ1n) is 5.97. The average Bonchev–Trinajstić information content (AvgIpc) is 2.73. The molecule has 1 aromatic carbocycles. The van der Waals surface area contributed by atoms with Gasteiger partial charge < -0.3 is 5.11 Å². The molecule has 1 N–H and O–H groups in total. The van der Waals surface area contributed by atoms with Crippen LogP contribution in [0.3, 0.4) is 0 Å². The maximum Gasteiger partial charge on any atom is 0.137 e. The second-order valence-corrected chi connectivity index (χ2v) is 5.41. The number of likely N-dealkylation sites (tertiary alicyclic amines) is 1. The molecule has 2 rings (SSSR count). The molecule has 1 fully saturated rings. The van der Waals surface area contributed by atoms with Gasteiger partial charge in [0.05, 0.1) is 4.47 Å². The molecule has 1 aliphatic heterocycles. The highest BCUT2D eigenvalue weighted by molar-refractivity contribution is 9.10. The van der Waals surface area contributed by atoms with Crippen LogP contribution < -0.4 is 0 Å². The summed E-state index contributed by atoms with van der Waals surface area (Å²) in [5, 5.41) is 8.91. The van der Waals surface area contributed by atoms with Crippen LogP contribution in [0.4, 0.5) is 4.39 Å². The number of hydrogen-bond acceptors (Lipinski definition) is 2. The van der Waals surface area contributed by atoms with E-state index in [-0.39, 0.29) is 12.4 Å². The molecule has 0 amide bonds. The summed E-state index contributed by atoms with van der Waals surface area (Å²) in [6.45, 7) is 3.08. The lowest BCUT2D eigenvalue weighted by molar-refractivity contribution is 0.249. The standard InChI is InChI=1S/C13H17BrFNO/c14-13-11(2-1-3-12(13)15)9-16-6-4-10(8-16)5-7-17/h1-3,10,17H,4-9H2. The first kappa shape index (κ1) is 13.0. The summed E-state index contributed by atoms with van der Waals surface area (Å²) in [4.78, 5) is 2.32. The summed E-state index contributed by atoms with van der Waals surface area (Å²) in [5.74, 6) is 0.390. The van der Waals surface area contributed by atoms with Gasteiger partial charge in [0, 0.05) is 19.7 Å². The minimum Gasteiger partial charge on any atom is -0.396 e. The van der Waals surface area contributed by atoms with Crippen LogP contribution in [0.2, 0.25) is 0 Å². The lowest BCUT2D eigenvalue weighted by Crippen LogP contribution is -2.20. The minimum absolute atomic E-state index is 0.200. The number of aliphatic hydroxyl groups is 1. The Bertz CT molecular complexity index is 386. The van der Waals surface area contributed by atoms with Crippen LogP contribution in [0.25, 0.3) is 0 Å². The summed E-state index contributed by atoms with van der Waals surface area (Å²) in [5.41, 5.74) is 0.995. The molecule has 1 aliphatic rings. The molecule has 94 valence electrons. The van der Waals surface area contributed by atoms with Crippen molar-refractivity contribution in [3.8, 4) is 0 Å². The van der Waals surface area contributed by atoms with Crippen LogP contribution >= 0.6 is 15.9 Å². The lowest BCUT2D eigenvalue weighted by atomic mass is 10.1. The van der Waals surface area contributed by atoms with Crippen molar-refractivity contribution in [1.82, 2.24) is 4.90 Å². The van der Waals surface area contributed by atoms with Crippen molar-refractivity contribution < 1.29 is 9.50 Å². The molecule has 0 spiro atoms. The van der Waals surface area contributed by atoms with E-state index in [4.69, 9.17) is 5.11 Å². The van der Waals surface area contributed by atoms with Crippen molar-refractivity contribution in [2.24, 2.45) is 5.92 Å². The zero-order chi connectivity index (χ0) is 12.3. The number of benzene rings is 1. The molecule has 0 radical (unpaired) electrons. The van der Waals surface area contributed by atoms with E-state index in [0.29, 0.717) is 10.4 Å². The van der Waals surface area contributed by atoms with Crippen LogP contribution in [0.1, 0.15) is 18.4 Å². The van der Waals surface area contributed by atoms with Gasteiger partial charge in [0.25, 0.3) is 0 Å². The topological polar surface area (TPSA) is 23.5 Å². The van der Waals surface area contributed by atoms with E-state index in [0.717, 1.165) is 38.0 Å². The van der Waals surface area contributed by atoms with Gasteiger partial charge >= 0.3 is 0 Å². The van der Waals surface area contributed by atoms with Crippen LogP contribution in [0, 0.1) is 11.7 Å². The Morgan fingerprint density at radius 3 is 3.06 bits per heavy atom. The van der Waals surface area contributed by atoms with Crippen LogP contribution in [-0.2, 0) is 6.54 Å². The first-order chi connectivity index (χ1) is 8.20. The van der Waals surface area contributed by atoms with E-state index >= 15 is 0 Å². The second-order valence-electron chi connectivity index (χ2n) is 4.62. The number of rotatable bonds is 4. The fourth-order valence-electron chi connectivity index (χ4n) is 2.39. The highest BCUT2D eigenvalue weighted by Crippen LogP contribution is 2.25. The van der Waals surface area contributed by atoms with E-state index < -0.39 is 0 Å². The molecular weight excluding hydrogens is 285 g/mol. The van der Waals surface area contributed by atoms with Gasteiger partial charge in [0.2, 0.25) is 0 Å². The van der Waals surface area contributed by atoms with E-state index in [1.807, 2.05) is 6.07 Å². The Kier molecular flexibility index (Phi) is 4.54. The zero-order valence-corrected chi connectivity index (χ0v) is 11.3. The molecule has 1 saturated heterocycles. The Morgan fingerprint density at radius 2 is 2.29 bits per heavy atom. The van der Waals surface area contributed by atoms with E-state index in [2.05, 4.69) is 20.8 Å². The van der Waals surface area contributed by atoms with E-state index in [1.165, 1.54) is 6.07 Å². The second kappa shape index (κ2) is 5.94. The zero-order valence-electron chi connectivity index (χ0n) is 9.70. The van der Waals surface area contributed by atoms with Crippen LogP contribution in [-0.4, -0.2) is 29.7 Å². The molecule has 1 atom stereocenters. The molecule has 4 heteroatoms. The number of hydrogen-bond donors (Lipinski definition) is 1. The summed E-state index contributed by atoms with van der Waals surface area (Å²) >= 11 is 3.29. The van der Waals surface area contributed by atoms with Gasteiger partial charge in [-0.05, 0) is 52.9 Å². The normalized spacial score (nSPS) is 21.0. The molecule has 0 saturated carbocycles. The monoisotopic (exact) mass is 301 g/mol. The van der Waals surface area contributed by atoms with Gasteiger partial charge in [-0.1, -0.05) is 12.1 Å². The molecule has 1 unspecified atom stereocenters. The minimum atomic E-state index is -0.200. The maximum atomic E-state index is 13.4. The van der Waals surface area contributed by atoms with Gasteiger partial charge in [-0.3, -0.25) is 4.90 Å². The van der Waals surface area contributed by atoms with Crippen molar-refractivity contribution in [2.75, 3.05) is 19.7 Å².